The number of ether oxygens (including phenoxy) is 3. The summed E-state index contributed by atoms with van der Waals surface area (Å²) in [5, 5.41) is 6.79. The van der Waals surface area contributed by atoms with Crippen LogP contribution in [0.1, 0.15) is 38.7 Å². The lowest BCUT2D eigenvalue weighted by Gasteiger charge is -2.36. The largest absolute Gasteiger partial charge is 0.493 e. The number of hydrogen-bond acceptors (Lipinski definition) is 6. The van der Waals surface area contributed by atoms with Crippen LogP contribution < -0.4 is 19.9 Å². The van der Waals surface area contributed by atoms with E-state index in [4.69, 9.17) is 19.9 Å². The third kappa shape index (κ3) is 4.78. The number of amides is 1. The van der Waals surface area contributed by atoms with Crippen LogP contribution in [0.2, 0.25) is 0 Å². The average molecular weight is 349 g/mol. The molecule has 0 spiro atoms. The number of benzene rings is 1. The first kappa shape index (κ1) is 18.9. The summed E-state index contributed by atoms with van der Waals surface area (Å²) in [6, 6.07) is 4.42. The van der Waals surface area contributed by atoms with Crippen molar-refractivity contribution in [3.8, 4) is 17.2 Å². The van der Waals surface area contributed by atoms with Crippen molar-refractivity contribution in [3.05, 3.63) is 17.7 Å². The van der Waals surface area contributed by atoms with Crippen LogP contribution in [0.4, 0.5) is 0 Å². The first-order chi connectivity index (χ1) is 12.0. The first-order valence-electron chi connectivity index (χ1n) is 8.45. The van der Waals surface area contributed by atoms with Crippen LogP contribution in [-0.2, 0) is 4.79 Å². The van der Waals surface area contributed by atoms with Crippen LogP contribution in [0.3, 0.4) is 0 Å². The normalized spacial score (nSPS) is 20.6. The Morgan fingerprint density at radius 1 is 1.24 bits per heavy atom. The lowest BCUT2D eigenvalue weighted by Crippen LogP contribution is -2.39. The molecule has 7 nitrogen and oxygen atoms in total. The van der Waals surface area contributed by atoms with E-state index in [0.717, 1.165) is 18.4 Å². The van der Waals surface area contributed by atoms with Gasteiger partial charge in [-0.1, -0.05) is 0 Å². The van der Waals surface area contributed by atoms with Gasteiger partial charge < -0.3 is 19.9 Å². The second-order valence-electron chi connectivity index (χ2n) is 6.26. The first-order valence-corrected chi connectivity index (χ1v) is 8.45. The van der Waals surface area contributed by atoms with Crippen LogP contribution >= 0.6 is 0 Å². The third-order valence-corrected chi connectivity index (χ3v) is 4.33. The molecule has 1 heterocycles. The summed E-state index contributed by atoms with van der Waals surface area (Å²) in [4.78, 5) is 11.0. The number of hydrogen-bond donors (Lipinski definition) is 1. The molecule has 1 fully saturated rings. The number of carbonyl (C=O) groups is 1. The Balaban J connectivity index is 2.26. The molecule has 2 N–H and O–H groups in total. The van der Waals surface area contributed by atoms with Crippen LogP contribution in [0.25, 0.3) is 0 Å². The van der Waals surface area contributed by atoms with Gasteiger partial charge >= 0.3 is 0 Å². The van der Waals surface area contributed by atoms with Crippen molar-refractivity contribution in [1.29, 1.82) is 0 Å². The molecule has 0 aromatic heterocycles. The second kappa shape index (κ2) is 8.60. The molecule has 25 heavy (non-hydrogen) atoms. The van der Waals surface area contributed by atoms with E-state index in [1.54, 1.807) is 18.3 Å². The van der Waals surface area contributed by atoms with Gasteiger partial charge in [0, 0.05) is 17.6 Å². The molecule has 1 saturated heterocycles. The number of methoxy groups -OCH3 is 2. The van der Waals surface area contributed by atoms with Gasteiger partial charge in [0.05, 0.1) is 20.4 Å². The Labute approximate surface area is 148 Å². The number of nitrogens with zero attached hydrogens (tertiary/aromatic N) is 2. The fraction of sp³-hybridized carbons (Fsp3) is 0.556. The third-order valence-electron chi connectivity index (χ3n) is 4.33. The fourth-order valence-corrected chi connectivity index (χ4v) is 3.03. The van der Waals surface area contributed by atoms with Gasteiger partial charge in [0.2, 0.25) is 5.75 Å². The number of primary amides is 1. The van der Waals surface area contributed by atoms with Gasteiger partial charge in [-0.3, -0.25) is 9.80 Å². The molecular formula is C18H27N3O4. The molecular weight excluding hydrogens is 322 g/mol. The summed E-state index contributed by atoms with van der Waals surface area (Å²) in [6.45, 7) is 4.13. The highest BCUT2D eigenvalue weighted by atomic mass is 16.5. The summed E-state index contributed by atoms with van der Waals surface area (Å²) in [7, 11) is 3.06. The topological polar surface area (TPSA) is 86.4 Å². The highest BCUT2D eigenvalue weighted by Crippen LogP contribution is 2.38. The predicted molar refractivity (Wildman–Crippen MR) is 96.4 cm³/mol. The molecule has 0 saturated carbocycles. The zero-order valence-electron chi connectivity index (χ0n) is 15.3. The van der Waals surface area contributed by atoms with Gasteiger partial charge in [-0.2, -0.15) is 5.10 Å². The lowest BCUT2D eigenvalue weighted by atomic mass is 10.00. The number of rotatable bonds is 7. The van der Waals surface area contributed by atoms with Gasteiger partial charge in [0.25, 0.3) is 5.91 Å². The summed E-state index contributed by atoms with van der Waals surface area (Å²) in [5.74, 6) is 0.701. The summed E-state index contributed by atoms with van der Waals surface area (Å²) >= 11 is 0. The number of hydrazone groups is 1. The smallest absolute Gasteiger partial charge is 0.255 e. The molecule has 1 aromatic rings. The maximum absolute atomic E-state index is 11.0. The minimum atomic E-state index is -0.567. The Hall–Kier alpha value is -2.44. The van der Waals surface area contributed by atoms with Gasteiger partial charge in [0.15, 0.2) is 18.1 Å². The van der Waals surface area contributed by atoms with E-state index in [9.17, 15) is 4.79 Å². The van der Waals surface area contributed by atoms with Gasteiger partial charge in [0.1, 0.15) is 0 Å². The molecule has 1 amide bonds. The highest BCUT2D eigenvalue weighted by Gasteiger charge is 2.23. The van der Waals surface area contributed by atoms with E-state index >= 15 is 0 Å². The van der Waals surface area contributed by atoms with Gasteiger partial charge in [-0.15, -0.1) is 0 Å². The molecule has 138 valence electrons. The molecule has 0 unspecified atom stereocenters. The minimum absolute atomic E-state index is 0.247. The summed E-state index contributed by atoms with van der Waals surface area (Å²) in [5.41, 5.74) is 5.96. The number of nitrogens with two attached hydrogens (primary N) is 1. The Morgan fingerprint density at radius 3 is 2.28 bits per heavy atom. The second-order valence-corrected chi connectivity index (χ2v) is 6.26. The van der Waals surface area contributed by atoms with E-state index in [1.807, 2.05) is 0 Å². The molecule has 0 bridgehead atoms. The highest BCUT2D eigenvalue weighted by molar-refractivity contribution is 5.82. The van der Waals surface area contributed by atoms with Crippen molar-refractivity contribution in [1.82, 2.24) is 5.01 Å². The molecule has 1 aliphatic rings. The van der Waals surface area contributed by atoms with E-state index in [0.29, 0.717) is 29.3 Å². The van der Waals surface area contributed by atoms with E-state index < -0.39 is 5.91 Å². The van der Waals surface area contributed by atoms with Crippen molar-refractivity contribution in [2.45, 2.75) is 45.2 Å². The van der Waals surface area contributed by atoms with Crippen LogP contribution in [-0.4, -0.2) is 50.0 Å². The maximum atomic E-state index is 11.0. The van der Waals surface area contributed by atoms with Crippen molar-refractivity contribution >= 4 is 12.1 Å². The molecule has 0 aliphatic carbocycles. The van der Waals surface area contributed by atoms with E-state index in [1.165, 1.54) is 20.6 Å². The van der Waals surface area contributed by atoms with Gasteiger partial charge in [-0.25, -0.2) is 0 Å². The average Bonchev–Trinajstić information content (AvgIpc) is 2.59. The van der Waals surface area contributed by atoms with Crippen molar-refractivity contribution < 1.29 is 19.0 Å². The maximum Gasteiger partial charge on any atom is 0.255 e. The molecule has 1 aliphatic heterocycles. The van der Waals surface area contributed by atoms with E-state index in [2.05, 4.69) is 24.0 Å². The molecule has 1 aromatic carbocycles. The number of carbonyl (C=O) groups excluding carboxylic acids is 1. The predicted octanol–water partition coefficient (Wildman–Crippen LogP) is 2.16. The summed E-state index contributed by atoms with van der Waals surface area (Å²) < 4.78 is 16.1. The molecule has 2 rings (SSSR count). The van der Waals surface area contributed by atoms with Crippen molar-refractivity contribution in [2.24, 2.45) is 10.8 Å². The molecule has 7 heteroatoms. The van der Waals surface area contributed by atoms with Crippen LogP contribution in [0, 0.1) is 0 Å². The van der Waals surface area contributed by atoms with Gasteiger partial charge in [-0.05, 0) is 45.2 Å². The molecule has 0 radical (unpaired) electrons. The number of piperidine rings is 1. The Morgan fingerprint density at radius 2 is 1.80 bits per heavy atom. The van der Waals surface area contributed by atoms with Crippen LogP contribution in [0.5, 0.6) is 17.2 Å². The summed E-state index contributed by atoms with van der Waals surface area (Å²) in [6.07, 6.45) is 5.32. The Bertz CT molecular complexity index is 598. The van der Waals surface area contributed by atoms with E-state index in [-0.39, 0.29) is 6.61 Å². The molecule has 2 atom stereocenters. The SMILES string of the molecule is COc1cc(/C=N\N2[C@H](C)CCC[C@@H]2C)cc(OC)c1OCC(N)=O. The monoisotopic (exact) mass is 349 g/mol. The minimum Gasteiger partial charge on any atom is -0.493 e. The fourth-order valence-electron chi connectivity index (χ4n) is 3.03. The quantitative estimate of drug-likeness (QED) is 0.762. The van der Waals surface area contributed by atoms with Crippen molar-refractivity contribution in [3.63, 3.8) is 0 Å². The lowest BCUT2D eigenvalue weighted by molar-refractivity contribution is -0.119. The zero-order chi connectivity index (χ0) is 18.4. The Kier molecular flexibility index (Phi) is 6.50. The standard InChI is InChI=1S/C18H27N3O4/c1-12-6-5-7-13(2)21(12)20-10-14-8-15(23-3)18(16(9-14)24-4)25-11-17(19)22/h8-10,12-13H,5-7,11H2,1-4H3,(H2,19,22)/b20-10-/t12-,13+. The zero-order valence-corrected chi connectivity index (χ0v) is 15.3. The van der Waals surface area contributed by atoms with Crippen molar-refractivity contribution in [2.75, 3.05) is 20.8 Å². The van der Waals surface area contributed by atoms with Crippen LogP contribution in [0.15, 0.2) is 17.2 Å².